The molecule has 3 rings (SSSR count). The Morgan fingerprint density at radius 3 is 2.43 bits per heavy atom. The number of amides is 1. The molecule has 0 saturated carbocycles. The average molecular weight is 285 g/mol. The van der Waals surface area contributed by atoms with Gasteiger partial charge in [0.1, 0.15) is 0 Å². The number of likely N-dealkylation sites (tertiary alicyclic amines) is 1. The molecule has 0 aromatic heterocycles. The van der Waals surface area contributed by atoms with E-state index < -0.39 is 0 Å². The number of benzene rings is 1. The maximum Gasteiger partial charge on any atom is 0.253 e. The van der Waals surface area contributed by atoms with Gasteiger partial charge >= 0.3 is 0 Å². The van der Waals surface area contributed by atoms with E-state index >= 15 is 0 Å². The van der Waals surface area contributed by atoms with E-state index in [0.717, 1.165) is 57.5 Å². The Kier molecular flexibility index (Phi) is 3.97. The molecule has 110 valence electrons. The van der Waals surface area contributed by atoms with Gasteiger partial charge in [-0.1, -0.05) is 5.11 Å². The number of rotatable bonds is 3. The van der Waals surface area contributed by atoms with Crippen LogP contribution >= 0.6 is 0 Å². The van der Waals surface area contributed by atoms with Crippen LogP contribution in [0.2, 0.25) is 0 Å². The Balaban J connectivity index is 1.90. The van der Waals surface area contributed by atoms with Crippen LogP contribution < -0.4 is 4.90 Å². The van der Waals surface area contributed by atoms with E-state index in [9.17, 15) is 4.79 Å². The summed E-state index contributed by atoms with van der Waals surface area (Å²) in [4.78, 5) is 19.4. The van der Waals surface area contributed by atoms with Crippen LogP contribution in [0.3, 0.4) is 0 Å². The molecule has 6 heteroatoms. The van der Waals surface area contributed by atoms with Crippen molar-refractivity contribution in [1.82, 2.24) is 4.90 Å². The summed E-state index contributed by atoms with van der Waals surface area (Å²) >= 11 is 0. The van der Waals surface area contributed by atoms with Gasteiger partial charge in [-0.05, 0) is 49.4 Å². The maximum atomic E-state index is 12.4. The minimum absolute atomic E-state index is 0.0369. The van der Waals surface area contributed by atoms with Crippen molar-refractivity contribution in [1.29, 1.82) is 0 Å². The fraction of sp³-hybridized carbons (Fsp3) is 0.533. The molecule has 21 heavy (non-hydrogen) atoms. The molecule has 1 aromatic rings. The fourth-order valence-corrected chi connectivity index (χ4v) is 3.11. The van der Waals surface area contributed by atoms with E-state index in [2.05, 4.69) is 14.9 Å². The first-order valence-corrected chi connectivity index (χ1v) is 7.53. The Morgan fingerprint density at radius 1 is 1.10 bits per heavy atom. The fourth-order valence-electron chi connectivity index (χ4n) is 3.11. The van der Waals surface area contributed by atoms with Crippen molar-refractivity contribution in [2.24, 2.45) is 5.11 Å². The van der Waals surface area contributed by atoms with Gasteiger partial charge < -0.3 is 9.80 Å². The van der Waals surface area contributed by atoms with Crippen LogP contribution in [0.1, 0.15) is 36.0 Å². The Morgan fingerprint density at radius 2 is 1.76 bits per heavy atom. The van der Waals surface area contributed by atoms with Gasteiger partial charge in [0, 0.05) is 42.3 Å². The first kappa shape index (κ1) is 13.8. The number of hydrogen-bond acceptors (Lipinski definition) is 3. The quantitative estimate of drug-likeness (QED) is 0.484. The van der Waals surface area contributed by atoms with Crippen LogP contribution in [-0.4, -0.2) is 37.0 Å². The normalized spacial score (nSPS) is 17.9. The second-order valence-electron chi connectivity index (χ2n) is 5.59. The summed E-state index contributed by atoms with van der Waals surface area (Å²) in [6, 6.07) is 5.50. The molecule has 1 aromatic carbocycles. The standard InChI is InChI=1S/C15H19N5O/c16-18-17-13-11-12(15(21)20-9-3-4-10-20)5-6-14(13)19-7-1-2-8-19/h5-6,11H,1-4,7-10H2. The molecular weight excluding hydrogens is 266 g/mol. The zero-order valence-corrected chi connectivity index (χ0v) is 12.0. The molecule has 2 aliphatic heterocycles. The lowest BCUT2D eigenvalue weighted by Gasteiger charge is -2.21. The van der Waals surface area contributed by atoms with Crippen LogP contribution in [-0.2, 0) is 0 Å². The summed E-state index contributed by atoms with van der Waals surface area (Å²) in [6.45, 7) is 3.61. The third kappa shape index (κ3) is 2.81. The van der Waals surface area contributed by atoms with Crippen molar-refractivity contribution in [2.75, 3.05) is 31.1 Å². The SMILES string of the molecule is [N-]=[N+]=Nc1cc(C(=O)N2CCCC2)ccc1N1CCCC1. The van der Waals surface area contributed by atoms with Crippen molar-refractivity contribution < 1.29 is 4.79 Å². The number of carbonyl (C=O) groups is 1. The maximum absolute atomic E-state index is 12.4. The third-order valence-corrected chi connectivity index (χ3v) is 4.21. The van der Waals surface area contributed by atoms with E-state index in [1.165, 1.54) is 0 Å². The number of nitrogens with zero attached hydrogens (tertiary/aromatic N) is 5. The molecule has 2 aliphatic rings. The summed E-state index contributed by atoms with van der Waals surface area (Å²) in [5.41, 5.74) is 10.9. The van der Waals surface area contributed by atoms with E-state index in [1.807, 2.05) is 17.0 Å². The number of anilines is 1. The van der Waals surface area contributed by atoms with E-state index in [-0.39, 0.29) is 5.91 Å². The third-order valence-electron chi connectivity index (χ3n) is 4.21. The first-order chi connectivity index (χ1) is 10.3. The van der Waals surface area contributed by atoms with Gasteiger partial charge in [0.15, 0.2) is 0 Å². The predicted octanol–water partition coefficient (Wildman–Crippen LogP) is 3.46. The number of hydrogen-bond donors (Lipinski definition) is 0. The highest BCUT2D eigenvalue weighted by molar-refractivity contribution is 5.96. The van der Waals surface area contributed by atoms with Gasteiger partial charge in [0.05, 0.1) is 5.69 Å². The Bertz CT molecular complexity index is 582. The molecule has 0 spiro atoms. The molecule has 6 nitrogen and oxygen atoms in total. The van der Waals surface area contributed by atoms with Crippen molar-refractivity contribution >= 4 is 17.3 Å². The van der Waals surface area contributed by atoms with Gasteiger partial charge in [0.2, 0.25) is 0 Å². The molecule has 2 saturated heterocycles. The Hall–Kier alpha value is -2.20. The molecule has 0 bridgehead atoms. The lowest BCUT2D eigenvalue weighted by Crippen LogP contribution is -2.27. The van der Waals surface area contributed by atoms with Crippen molar-refractivity contribution in [2.45, 2.75) is 25.7 Å². The monoisotopic (exact) mass is 285 g/mol. The number of carbonyl (C=O) groups excluding carboxylic acids is 1. The average Bonchev–Trinajstić information content (AvgIpc) is 3.20. The molecule has 0 radical (unpaired) electrons. The van der Waals surface area contributed by atoms with Crippen molar-refractivity contribution in [3.05, 3.63) is 34.2 Å². The highest BCUT2D eigenvalue weighted by Crippen LogP contribution is 2.33. The molecule has 1 amide bonds. The lowest BCUT2D eigenvalue weighted by molar-refractivity contribution is 0.0793. The topological polar surface area (TPSA) is 72.3 Å². The lowest BCUT2D eigenvalue weighted by atomic mass is 10.1. The first-order valence-electron chi connectivity index (χ1n) is 7.53. The second kappa shape index (κ2) is 6.06. The van der Waals surface area contributed by atoms with Gasteiger partial charge in [-0.2, -0.15) is 0 Å². The summed E-state index contributed by atoms with van der Waals surface area (Å²) in [7, 11) is 0. The van der Waals surface area contributed by atoms with E-state index in [4.69, 9.17) is 5.53 Å². The zero-order chi connectivity index (χ0) is 14.7. The van der Waals surface area contributed by atoms with Crippen molar-refractivity contribution in [3.63, 3.8) is 0 Å². The van der Waals surface area contributed by atoms with Gasteiger partial charge in [-0.25, -0.2) is 0 Å². The summed E-state index contributed by atoms with van der Waals surface area (Å²) in [5, 5.41) is 3.79. The molecule has 0 N–H and O–H groups in total. The predicted molar refractivity (Wildman–Crippen MR) is 81.8 cm³/mol. The Labute approximate surface area is 124 Å². The minimum Gasteiger partial charge on any atom is -0.371 e. The van der Waals surface area contributed by atoms with E-state index in [0.29, 0.717) is 11.3 Å². The molecule has 0 aliphatic carbocycles. The van der Waals surface area contributed by atoms with E-state index in [1.54, 1.807) is 6.07 Å². The summed E-state index contributed by atoms with van der Waals surface area (Å²) < 4.78 is 0. The van der Waals surface area contributed by atoms with Crippen LogP contribution in [0.5, 0.6) is 0 Å². The van der Waals surface area contributed by atoms with Crippen LogP contribution in [0, 0.1) is 0 Å². The highest BCUT2D eigenvalue weighted by Gasteiger charge is 2.21. The van der Waals surface area contributed by atoms with Crippen molar-refractivity contribution in [3.8, 4) is 0 Å². The summed E-state index contributed by atoms with van der Waals surface area (Å²) in [5.74, 6) is 0.0369. The van der Waals surface area contributed by atoms with Crippen LogP contribution in [0.15, 0.2) is 23.3 Å². The van der Waals surface area contributed by atoms with Gasteiger partial charge in [-0.15, -0.1) is 0 Å². The second-order valence-corrected chi connectivity index (χ2v) is 5.59. The number of azide groups is 1. The molecule has 2 heterocycles. The smallest absolute Gasteiger partial charge is 0.253 e. The molecular formula is C15H19N5O. The highest BCUT2D eigenvalue weighted by atomic mass is 16.2. The van der Waals surface area contributed by atoms with Gasteiger partial charge in [0.25, 0.3) is 5.91 Å². The molecule has 0 atom stereocenters. The summed E-state index contributed by atoms with van der Waals surface area (Å²) in [6.07, 6.45) is 4.45. The minimum atomic E-state index is 0.0369. The van der Waals surface area contributed by atoms with Gasteiger partial charge in [-0.3, -0.25) is 4.79 Å². The molecule has 0 unspecified atom stereocenters. The zero-order valence-electron chi connectivity index (χ0n) is 12.0. The largest absolute Gasteiger partial charge is 0.371 e. The van der Waals surface area contributed by atoms with Crippen LogP contribution in [0.25, 0.3) is 10.4 Å². The van der Waals surface area contributed by atoms with Crippen LogP contribution in [0.4, 0.5) is 11.4 Å². The molecule has 2 fully saturated rings.